The third-order valence-corrected chi connectivity index (χ3v) is 7.06. The number of rotatable bonds is 3. The number of hydrogen-bond donors (Lipinski definition) is 1. The van der Waals surface area contributed by atoms with E-state index in [1.54, 1.807) is 11.8 Å². The first kappa shape index (κ1) is 19.9. The maximum atomic E-state index is 13.3. The normalized spacial score (nSPS) is 19.6. The van der Waals surface area contributed by atoms with Gasteiger partial charge in [0.05, 0.1) is 0 Å². The molecule has 0 radical (unpaired) electrons. The number of para-hydroxylation sites is 1. The highest BCUT2D eigenvalue weighted by Crippen LogP contribution is 2.36. The summed E-state index contributed by atoms with van der Waals surface area (Å²) in [5.41, 5.74) is 3.62. The van der Waals surface area contributed by atoms with Crippen LogP contribution in [0.2, 0.25) is 0 Å². The highest BCUT2D eigenvalue weighted by atomic mass is 32.2. The van der Waals surface area contributed by atoms with Crippen LogP contribution in [0.25, 0.3) is 11.1 Å². The number of urea groups is 1. The van der Waals surface area contributed by atoms with Crippen molar-refractivity contribution in [2.24, 2.45) is 5.92 Å². The minimum atomic E-state index is -0.0674. The van der Waals surface area contributed by atoms with Gasteiger partial charge in [-0.05, 0) is 60.6 Å². The number of nitrogens with zero attached hydrogens (tertiary/aromatic N) is 2. The molecule has 5 rings (SSSR count). The summed E-state index contributed by atoms with van der Waals surface area (Å²) in [6, 6.07) is 21.7. The summed E-state index contributed by atoms with van der Waals surface area (Å²) in [7, 11) is 0. The van der Waals surface area contributed by atoms with Crippen LogP contribution in [-0.4, -0.2) is 34.8 Å². The van der Waals surface area contributed by atoms with Crippen LogP contribution in [0.5, 0.6) is 0 Å². The van der Waals surface area contributed by atoms with E-state index in [-0.39, 0.29) is 17.5 Å². The van der Waals surface area contributed by atoms with E-state index >= 15 is 0 Å². The van der Waals surface area contributed by atoms with E-state index in [2.05, 4.69) is 23.5 Å². The molecule has 6 heteroatoms. The van der Waals surface area contributed by atoms with Gasteiger partial charge in [-0.1, -0.05) is 30.3 Å². The van der Waals surface area contributed by atoms with Gasteiger partial charge in [0, 0.05) is 47.4 Å². The SMILES string of the molecule is CSc1ccc(-c2ccc3n(c2=O)C[C@@H]2C[C@@H]3CN(C(=O)Nc3ccccc3)C2)cc1. The predicted octanol–water partition coefficient (Wildman–Crippen LogP) is 4.89. The van der Waals surface area contributed by atoms with Gasteiger partial charge < -0.3 is 14.8 Å². The van der Waals surface area contributed by atoms with Crippen LogP contribution in [0.15, 0.2) is 76.4 Å². The van der Waals surface area contributed by atoms with E-state index < -0.39 is 0 Å². The van der Waals surface area contributed by atoms with E-state index in [1.165, 1.54) is 4.90 Å². The number of carbonyl (C=O) groups is 1. The van der Waals surface area contributed by atoms with Gasteiger partial charge in [0.2, 0.25) is 0 Å². The molecule has 2 amide bonds. The molecule has 2 atom stereocenters. The zero-order valence-corrected chi connectivity index (χ0v) is 18.3. The van der Waals surface area contributed by atoms with Crippen molar-refractivity contribution < 1.29 is 4.79 Å². The summed E-state index contributed by atoms with van der Waals surface area (Å²) in [5, 5.41) is 2.99. The second-order valence-electron chi connectivity index (χ2n) is 8.32. The molecule has 3 aromatic rings. The number of likely N-dealkylation sites (tertiary alicyclic amines) is 1. The monoisotopic (exact) mass is 431 g/mol. The molecule has 1 aromatic heterocycles. The van der Waals surface area contributed by atoms with Gasteiger partial charge in [-0.25, -0.2) is 4.79 Å². The molecule has 3 heterocycles. The summed E-state index contributed by atoms with van der Waals surface area (Å²) in [5.74, 6) is 0.481. The number of carbonyl (C=O) groups excluding carboxylic acids is 1. The van der Waals surface area contributed by atoms with Crippen molar-refractivity contribution in [2.45, 2.75) is 23.8 Å². The molecule has 2 bridgehead atoms. The molecule has 2 aliphatic rings. The van der Waals surface area contributed by atoms with Crippen molar-refractivity contribution in [1.82, 2.24) is 9.47 Å². The number of amides is 2. The summed E-state index contributed by atoms with van der Waals surface area (Å²) >= 11 is 1.69. The summed E-state index contributed by atoms with van der Waals surface area (Å²) < 4.78 is 1.95. The van der Waals surface area contributed by atoms with Gasteiger partial charge in [-0.15, -0.1) is 11.8 Å². The van der Waals surface area contributed by atoms with E-state index in [4.69, 9.17) is 0 Å². The standard InChI is InChI=1S/C25H25N3O2S/c1-31-21-9-7-18(8-10-21)22-11-12-23-19-13-17(15-28(23)24(22)29)14-27(16-19)25(30)26-20-5-3-2-4-6-20/h2-12,17,19H,13-16H2,1H3,(H,26,30)/t17-,19-/m1/s1. The van der Waals surface area contributed by atoms with Gasteiger partial charge in [-0.2, -0.15) is 0 Å². The van der Waals surface area contributed by atoms with E-state index in [0.717, 1.165) is 28.9 Å². The predicted molar refractivity (Wildman–Crippen MR) is 126 cm³/mol. The van der Waals surface area contributed by atoms with Crippen molar-refractivity contribution >= 4 is 23.5 Å². The lowest BCUT2D eigenvalue weighted by Crippen LogP contribution is -2.50. The number of anilines is 1. The molecular weight excluding hydrogens is 406 g/mol. The maximum absolute atomic E-state index is 13.3. The quantitative estimate of drug-likeness (QED) is 0.601. The average molecular weight is 432 g/mol. The molecule has 1 fully saturated rings. The van der Waals surface area contributed by atoms with Crippen molar-refractivity contribution in [3.63, 3.8) is 0 Å². The van der Waals surface area contributed by atoms with Gasteiger partial charge in [0.25, 0.3) is 5.56 Å². The lowest BCUT2D eigenvalue weighted by molar-refractivity contribution is 0.139. The van der Waals surface area contributed by atoms with Crippen molar-refractivity contribution in [1.29, 1.82) is 0 Å². The van der Waals surface area contributed by atoms with Crippen LogP contribution >= 0.6 is 11.8 Å². The van der Waals surface area contributed by atoms with Crippen LogP contribution in [0.4, 0.5) is 10.5 Å². The Kier molecular flexibility index (Phi) is 5.32. The Labute approximate surface area is 186 Å². The third-order valence-electron chi connectivity index (χ3n) is 6.32. The Bertz CT molecular complexity index is 1160. The summed E-state index contributed by atoms with van der Waals surface area (Å²) in [6.45, 7) is 1.97. The van der Waals surface area contributed by atoms with E-state index in [0.29, 0.717) is 25.6 Å². The molecule has 0 aliphatic carbocycles. The lowest BCUT2D eigenvalue weighted by Gasteiger charge is -2.42. The summed E-state index contributed by atoms with van der Waals surface area (Å²) in [4.78, 5) is 29.2. The first-order chi connectivity index (χ1) is 15.1. The van der Waals surface area contributed by atoms with Crippen LogP contribution in [0, 0.1) is 5.92 Å². The number of thioether (sulfide) groups is 1. The van der Waals surface area contributed by atoms with Gasteiger partial charge in [-0.3, -0.25) is 4.79 Å². The Morgan fingerprint density at radius 1 is 0.968 bits per heavy atom. The smallest absolute Gasteiger partial charge is 0.321 e. The lowest BCUT2D eigenvalue weighted by atomic mass is 9.83. The van der Waals surface area contributed by atoms with E-state index in [1.807, 2.05) is 64.3 Å². The number of fused-ring (bicyclic) bond motifs is 4. The molecule has 31 heavy (non-hydrogen) atoms. The van der Waals surface area contributed by atoms with Crippen molar-refractivity contribution in [3.05, 3.63) is 82.8 Å². The molecule has 0 saturated carbocycles. The van der Waals surface area contributed by atoms with Crippen molar-refractivity contribution in [2.75, 3.05) is 24.7 Å². The number of benzene rings is 2. The second kappa shape index (κ2) is 8.27. The molecule has 0 unspecified atom stereocenters. The van der Waals surface area contributed by atoms with Gasteiger partial charge >= 0.3 is 6.03 Å². The molecule has 0 spiro atoms. The fourth-order valence-corrected chi connectivity index (χ4v) is 5.23. The number of aromatic nitrogens is 1. The van der Waals surface area contributed by atoms with Gasteiger partial charge in [0.15, 0.2) is 0 Å². The molecule has 1 saturated heterocycles. The maximum Gasteiger partial charge on any atom is 0.321 e. The summed E-state index contributed by atoms with van der Waals surface area (Å²) in [6.07, 6.45) is 3.07. The average Bonchev–Trinajstić information content (AvgIpc) is 2.80. The number of pyridine rings is 1. The van der Waals surface area contributed by atoms with E-state index in [9.17, 15) is 9.59 Å². The number of nitrogens with one attached hydrogen (secondary N) is 1. The number of hydrogen-bond acceptors (Lipinski definition) is 3. The zero-order valence-electron chi connectivity index (χ0n) is 17.5. The molecule has 5 nitrogen and oxygen atoms in total. The van der Waals surface area contributed by atoms with Crippen LogP contribution in [-0.2, 0) is 6.54 Å². The molecule has 1 N–H and O–H groups in total. The fourth-order valence-electron chi connectivity index (χ4n) is 4.83. The molecule has 2 aromatic carbocycles. The first-order valence-electron chi connectivity index (χ1n) is 10.6. The highest BCUT2D eigenvalue weighted by molar-refractivity contribution is 7.98. The van der Waals surface area contributed by atoms with Crippen LogP contribution in [0.3, 0.4) is 0 Å². The van der Waals surface area contributed by atoms with Crippen LogP contribution in [0.1, 0.15) is 18.0 Å². The topological polar surface area (TPSA) is 54.3 Å². The molecular formula is C25H25N3O2S. The zero-order chi connectivity index (χ0) is 21.4. The third kappa shape index (κ3) is 3.88. The minimum Gasteiger partial charge on any atom is -0.324 e. The largest absolute Gasteiger partial charge is 0.324 e. The number of piperidine rings is 1. The van der Waals surface area contributed by atoms with Crippen LogP contribution < -0.4 is 10.9 Å². The highest BCUT2D eigenvalue weighted by Gasteiger charge is 2.36. The molecule has 2 aliphatic heterocycles. The molecule has 158 valence electrons. The van der Waals surface area contributed by atoms with Crippen molar-refractivity contribution in [3.8, 4) is 11.1 Å². The fraction of sp³-hybridized carbons (Fsp3) is 0.280. The second-order valence-corrected chi connectivity index (χ2v) is 9.20. The minimum absolute atomic E-state index is 0.0674. The van der Waals surface area contributed by atoms with Gasteiger partial charge in [0.1, 0.15) is 0 Å². The Morgan fingerprint density at radius 3 is 2.48 bits per heavy atom. The Morgan fingerprint density at radius 2 is 1.74 bits per heavy atom. The Balaban J connectivity index is 1.39. The first-order valence-corrected chi connectivity index (χ1v) is 11.8. The Hall–Kier alpha value is -2.99.